The van der Waals surface area contributed by atoms with Gasteiger partial charge in [0.2, 0.25) is 0 Å². The molecule has 10 heteroatoms. The summed E-state index contributed by atoms with van der Waals surface area (Å²) in [6.07, 6.45) is 0.601. The fourth-order valence-corrected chi connectivity index (χ4v) is 5.71. The van der Waals surface area contributed by atoms with E-state index in [1.165, 1.54) is 11.8 Å². The van der Waals surface area contributed by atoms with Crippen molar-refractivity contribution in [1.29, 1.82) is 0 Å². The number of hydrazine groups is 1. The standard InChI is InChI=1S/C29H31N5O4S/c1-19-10-12-20(13-11-19)32-34-25-14-15-33(27(35)18-38-22-7-5-6-21(16-22)37-2)17-26(25)39-29(34)28(36)31-24-9-4-3-8-23(24)30/h3-13,16,29,32H,14-15,17-18,30H2,1-2H3,(H,31,36). The van der Waals surface area contributed by atoms with Crippen molar-refractivity contribution in [3.8, 4) is 11.5 Å². The van der Waals surface area contributed by atoms with Crippen molar-refractivity contribution in [3.05, 3.63) is 89.0 Å². The quantitative estimate of drug-likeness (QED) is 0.356. The average Bonchev–Trinajstić information content (AvgIpc) is 3.32. The Kier molecular flexibility index (Phi) is 7.83. The Morgan fingerprint density at radius 1 is 1.05 bits per heavy atom. The van der Waals surface area contributed by atoms with E-state index in [4.69, 9.17) is 15.2 Å². The molecule has 0 saturated carbocycles. The Labute approximate surface area is 231 Å². The first-order valence-electron chi connectivity index (χ1n) is 12.6. The van der Waals surface area contributed by atoms with Gasteiger partial charge in [0.25, 0.3) is 11.8 Å². The summed E-state index contributed by atoms with van der Waals surface area (Å²) in [5.41, 5.74) is 13.6. The number of nitrogens with zero attached hydrogens (tertiary/aromatic N) is 2. The maximum atomic E-state index is 13.5. The lowest BCUT2D eigenvalue weighted by molar-refractivity contribution is -0.133. The van der Waals surface area contributed by atoms with Crippen molar-refractivity contribution >= 4 is 40.6 Å². The number of nitrogens with two attached hydrogens (primary N) is 1. The van der Waals surface area contributed by atoms with Gasteiger partial charge in [-0.1, -0.05) is 47.7 Å². The number of benzene rings is 3. The second-order valence-electron chi connectivity index (χ2n) is 9.30. The van der Waals surface area contributed by atoms with Crippen molar-refractivity contribution in [1.82, 2.24) is 9.91 Å². The summed E-state index contributed by atoms with van der Waals surface area (Å²) in [5.74, 6) is 0.914. The van der Waals surface area contributed by atoms with Gasteiger partial charge in [0.05, 0.1) is 30.7 Å². The largest absolute Gasteiger partial charge is 0.497 e. The van der Waals surface area contributed by atoms with Crippen LogP contribution in [0.3, 0.4) is 0 Å². The molecule has 0 saturated heterocycles. The fraction of sp³-hybridized carbons (Fsp3) is 0.241. The van der Waals surface area contributed by atoms with Crippen LogP contribution in [0.2, 0.25) is 0 Å². The first kappa shape index (κ1) is 26.3. The molecule has 3 aromatic rings. The zero-order chi connectivity index (χ0) is 27.4. The summed E-state index contributed by atoms with van der Waals surface area (Å²) in [7, 11) is 1.59. The predicted octanol–water partition coefficient (Wildman–Crippen LogP) is 4.45. The van der Waals surface area contributed by atoms with Gasteiger partial charge in [-0.25, -0.2) is 0 Å². The number of amides is 2. The average molecular weight is 546 g/mol. The van der Waals surface area contributed by atoms with Gasteiger partial charge in [0.15, 0.2) is 12.0 Å². The number of nitrogens with one attached hydrogen (secondary N) is 2. The van der Waals surface area contributed by atoms with Crippen LogP contribution < -0.4 is 25.9 Å². The number of thioether (sulfide) groups is 1. The molecule has 0 radical (unpaired) electrons. The minimum Gasteiger partial charge on any atom is -0.497 e. The van der Waals surface area contributed by atoms with E-state index in [0.717, 1.165) is 21.9 Å². The van der Waals surface area contributed by atoms with E-state index >= 15 is 0 Å². The highest BCUT2D eigenvalue weighted by atomic mass is 32.2. The van der Waals surface area contributed by atoms with Gasteiger partial charge in [-0.15, -0.1) is 0 Å². The topological polar surface area (TPSA) is 109 Å². The number of hydrogen-bond acceptors (Lipinski definition) is 8. The van der Waals surface area contributed by atoms with Crippen molar-refractivity contribution in [2.75, 3.05) is 43.3 Å². The SMILES string of the molecule is COc1cccc(OCC(=O)N2CCC3=C(C2)SC(C(=O)Nc2ccccc2N)N3Nc2ccc(C)cc2)c1. The summed E-state index contributed by atoms with van der Waals surface area (Å²) in [4.78, 5) is 29.3. The normalized spacial score (nSPS) is 16.5. The zero-order valence-electron chi connectivity index (χ0n) is 21.8. The number of methoxy groups -OCH3 is 1. The van der Waals surface area contributed by atoms with Crippen molar-refractivity contribution in [3.63, 3.8) is 0 Å². The minimum atomic E-state index is -0.584. The third-order valence-electron chi connectivity index (χ3n) is 6.55. The van der Waals surface area contributed by atoms with Crippen molar-refractivity contribution in [2.24, 2.45) is 0 Å². The number of hydrogen-bond donors (Lipinski definition) is 3. The van der Waals surface area contributed by atoms with Crippen molar-refractivity contribution in [2.45, 2.75) is 18.7 Å². The van der Waals surface area contributed by atoms with Gasteiger partial charge < -0.3 is 25.4 Å². The molecule has 2 heterocycles. The summed E-state index contributed by atoms with van der Waals surface area (Å²) in [6.45, 7) is 2.87. The molecule has 2 aliphatic rings. The molecule has 5 rings (SSSR count). The number of nitrogen functional groups attached to an aromatic ring is 1. The summed E-state index contributed by atoms with van der Waals surface area (Å²) in [6, 6.07) is 22.4. The monoisotopic (exact) mass is 545 g/mol. The molecule has 0 aromatic heterocycles. The number of aryl methyl sites for hydroxylation is 1. The molecule has 0 bridgehead atoms. The van der Waals surface area contributed by atoms with Crippen LogP contribution in [-0.4, -0.2) is 53.9 Å². The zero-order valence-corrected chi connectivity index (χ0v) is 22.7. The lowest BCUT2D eigenvalue weighted by Crippen LogP contribution is -2.44. The number of ether oxygens (including phenoxy) is 2. The molecule has 202 valence electrons. The molecule has 1 unspecified atom stereocenters. The summed E-state index contributed by atoms with van der Waals surface area (Å²) >= 11 is 1.44. The van der Waals surface area contributed by atoms with Crippen LogP contribution in [0.15, 0.2) is 83.4 Å². The summed E-state index contributed by atoms with van der Waals surface area (Å²) < 4.78 is 11.0. The Hall–Kier alpha value is -4.31. The minimum absolute atomic E-state index is 0.0804. The van der Waals surface area contributed by atoms with E-state index in [1.807, 2.05) is 60.5 Å². The molecule has 0 spiro atoms. The van der Waals surface area contributed by atoms with Crippen LogP contribution >= 0.6 is 11.8 Å². The maximum absolute atomic E-state index is 13.5. The Bertz CT molecular complexity index is 1390. The van der Waals surface area contributed by atoms with E-state index in [1.54, 1.807) is 36.3 Å². The summed E-state index contributed by atoms with van der Waals surface area (Å²) in [5, 5.41) is 4.29. The molecule has 2 amide bonds. The predicted molar refractivity (Wildman–Crippen MR) is 154 cm³/mol. The molecule has 1 atom stereocenters. The fourth-order valence-electron chi connectivity index (χ4n) is 4.42. The first-order valence-corrected chi connectivity index (χ1v) is 13.5. The van der Waals surface area contributed by atoms with E-state index in [2.05, 4.69) is 10.7 Å². The lowest BCUT2D eigenvalue weighted by Gasteiger charge is -2.32. The second kappa shape index (κ2) is 11.6. The molecule has 3 aromatic carbocycles. The molecular weight excluding hydrogens is 514 g/mol. The second-order valence-corrected chi connectivity index (χ2v) is 10.5. The van der Waals surface area contributed by atoms with E-state index in [0.29, 0.717) is 42.4 Å². The molecule has 0 fully saturated rings. The third kappa shape index (κ3) is 6.06. The molecule has 39 heavy (non-hydrogen) atoms. The number of para-hydroxylation sites is 2. The van der Waals surface area contributed by atoms with E-state index in [-0.39, 0.29) is 18.4 Å². The third-order valence-corrected chi connectivity index (χ3v) is 7.85. The Morgan fingerprint density at radius 2 is 1.82 bits per heavy atom. The van der Waals surface area contributed by atoms with Crippen LogP contribution in [0, 0.1) is 6.92 Å². The van der Waals surface area contributed by atoms with Crippen LogP contribution in [0.1, 0.15) is 12.0 Å². The number of anilines is 3. The van der Waals surface area contributed by atoms with Crippen LogP contribution in [0.5, 0.6) is 11.5 Å². The smallest absolute Gasteiger partial charge is 0.260 e. The number of carbonyl (C=O) groups is 2. The van der Waals surface area contributed by atoms with Gasteiger partial charge in [-0.3, -0.25) is 20.0 Å². The van der Waals surface area contributed by atoms with Crippen molar-refractivity contribution < 1.29 is 19.1 Å². The van der Waals surface area contributed by atoms with Crippen LogP contribution in [0.25, 0.3) is 0 Å². The molecule has 9 nitrogen and oxygen atoms in total. The van der Waals surface area contributed by atoms with Gasteiger partial charge in [0.1, 0.15) is 11.5 Å². The first-order chi connectivity index (χ1) is 18.9. The lowest BCUT2D eigenvalue weighted by atomic mass is 10.2. The molecule has 0 aliphatic carbocycles. The Morgan fingerprint density at radius 3 is 2.59 bits per heavy atom. The van der Waals surface area contributed by atoms with Gasteiger partial charge in [-0.2, -0.15) is 0 Å². The molecular formula is C29H31N5O4S. The molecule has 2 aliphatic heterocycles. The highest BCUT2D eigenvalue weighted by molar-refractivity contribution is 8.04. The van der Waals surface area contributed by atoms with Crippen LogP contribution in [0.4, 0.5) is 17.1 Å². The van der Waals surface area contributed by atoms with E-state index in [9.17, 15) is 9.59 Å². The van der Waals surface area contributed by atoms with Gasteiger partial charge >= 0.3 is 0 Å². The van der Waals surface area contributed by atoms with Gasteiger partial charge in [0, 0.05) is 29.6 Å². The number of carbonyl (C=O) groups excluding carboxylic acids is 2. The highest BCUT2D eigenvalue weighted by Gasteiger charge is 2.41. The van der Waals surface area contributed by atoms with E-state index < -0.39 is 5.37 Å². The number of rotatable bonds is 8. The molecule has 4 N–H and O–H groups in total. The van der Waals surface area contributed by atoms with Crippen LogP contribution in [-0.2, 0) is 9.59 Å². The maximum Gasteiger partial charge on any atom is 0.260 e. The highest BCUT2D eigenvalue weighted by Crippen LogP contribution is 2.43. The van der Waals surface area contributed by atoms with Gasteiger partial charge in [-0.05, 0) is 43.3 Å². The Balaban J connectivity index is 1.30.